The Bertz CT molecular complexity index is 350. The fourth-order valence-corrected chi connectivity index (χ4v) is 4.93. The van der Waals surface area contributed by atoms with Crippen LogP contribution in [0.2, 0.25) is 0 Å². The fraction of sp³-hybridized carbons (Fsp3) is 1.00. The van der Waals surface area contributed by atoms with Crippen LogP contribution >= 0.6 is 0 Å². The first kappa shape index (κ1) is 13.3. The summed E-state index contributed by atoms with van der Waals surface area (Å²) in [7, 11) is -2.74. The van der Waals surface area contributed by atoms with E-state index in [0.717, 1.165) is 18.3 Å². The average molecular weight is 259 g/mol. The van der Waals surface area contributed by atoms with Crippen LogP contribution in [0.4, 0.5) is 0 Å². The zero-order valence-electron chi connectivity index (χ0n) is 11.0. The van der Waals surface area contributed by atoms with Crippen molar-refractivity contribution in [3.8, 4) is 0 Å². The molecule has 3 unspecified atom stereocenters. The smallest absolute Gasteiger partial charge is 0.151 e. The van der Waals surface area contributed by atoms with Gasteiger partial charge >= 0.3 is 0 Å². The Balaban J connectivity index is 1.83. The lowest BCUT2D eigenvalue weighted by molar-refractivity contribution is 0.223. The third-order valence-electron chi connectivity index (χ3n) is 4.36. The second-order valence-electron chi connectivity index (χ2n) is 6.13. The number of hydrogen-bond acceptors (Lipinski definition) is 3. The van der Waals surface area contributed by atoms with Crippen molar-refractivity contribution in [3.63, 3.8) is 0 Å². The summed E-state index contributed by atoms with van der Waals surface area (Å²) in [5.41, 5.74) is 0. The summed E-state index contributed by atoms with van der Waals surface area (Å²) in [4.78, 5) is 0. The van der Waals surface area contributed by atoms with Crippen LogP contribution in [0.15, 0.2) is 0 Å². The van der Waals surface area contributed by atoms with Crippen LogP contribution in [-0.4, -0.2) is 32.0 Å². The van der Waals surface area contributed by atoms with Crippen molar-refractivity contribution in [2.45, 2.75) is 58.0 Å². The zero-order valence-corrected chi connectivity index (χ0v) is 11.8. The van der Waals surface area contributed by atoms with Crippen LogP contribution in [0.3, 0.4) is 0 Å². The normalized spacial score (nSPS) is 37.5. The van der Waals surface area contributed by atoms with Gasteiger partial charge in [0.2, 0.25) is 0 Å². The first-order valence-corrected chi connectivity index (χ1v) is 8.75. The van der Waals surface area contributed by atoms with Gasteiger partial charge in [0.1, 0.15) is 0 Å². The largest absolute Gasteiger partial charge is 0.310 e. The zero-order chi connectivity index (χ0) is 12.5. The predicted octanol–water partition coefficient (Wildman–Crippen LogP) is 1.98. The quantitative estimate of drug-likeness (QED) is 0.843. The van der Waals surface area contributed by atoms with E-state index < -0.39 is 9.84 Å². The highest BCUT2D eigenvalue weighted by molar-refractivity contribution is 7.91. The highest BCUT2D eigenvalue weighted by Crippen LogP contribution is 2.30. The molecule has 1 N–H and O–H groups in total. The Morgan fingerprint density at radius 2 is 1.88 bits per heavy atom. The summed E-state index contributed by atoms with van der Waals surface area (Å²) >= 11 is 0. The average Bonchev–Trinajstić information content (AvgIpc) is 2.58. The molecule has 1 heterocycles. The van der Waals surface area contributed by atoms with Gasteiger partial charge in [0.25, 0.3) is 0 Å². The number of rotatable bonds is 3. The summed E-state index contributed by atoms with van der Waals surface area (Å²) in [6.45, 7) is 4.60. The van der Waals surface area contributed by atoms with Crippen molar-refractivity contribution in [2.75, 3.05) is 11.5 Å². The van der Waals surface area contributed by atoms with Gasteiger partial charge in [0.05, 0.1) is 11.5 Å². The molecule has 100 valence electrons. The topological polar surface area (TPSA) is 46.2 Å². The maximum absolute atomic E-state index is 11.4. The lowest BCUT2D eigenvalue weighted by Gasteiger charge is -2.33. The van der Waals surface area contributed by atoms with Crippen LogP contribution in [-0.2, 0) is 9.84 Å². The van der Waals surface area contributed by atoms with Gasteiger partial charge in [-0.3, -0.25) is 0 Å². The molecule has 0 spiro atoms. The van der Waals surface area contributed by atoms with Gasteiger partial charge in [-0.15, -0.1) is 0 Å². The maximum Gasteiger partial charge on any atom is 0.151 e. The molecule has 0 aromatic rings. The van der Waals surface area contributed by atoms with Gasteiger partial charge in [-0.05, 0) is 31.1 Å². The van der Waals surface area contributed by atoms with Gasteiger partial charge in [-0.2, -0.15) is 0 Å². The van der Waals surface area contributed by atoms with E-state index in [9.17, 15) is 8.42 Å². The Morgan fingerprint density at radius 3 is 2.47 bits per heavy atom. The molecule has 3 atom stereocenters. The molecule has 4 heteroatoms. The molecule has 0 radical (unpaired) electrons. The fourth-order valence-electron chi connectivity index (χ4n) is 3.24. The summed E-state index contributed by atoms with van der Waals surface area (Å²) in [5, 5.41) is 3.58. The minimum absolute atomic E-state index is 0.218. The van der Waals surface area contributed by atoms with Crippen LogP contribution in [0, 0.1) is 11.8 Å². The summed E-state index contributed by atoms with van der Waals surface area (Å²) < 4.78 is 22.8. The third-order valence-corrected chi connectivity index (χ3v) is 6.13. The molecule has 1 aliphatic heterocycles. The van der Waals surface area contributed by atoms with Gasteiger partial charge < -0.3 is 5.32 Å². The van der Waals surface area contributed by atoms with Crippen LogP contribution < -0.4 is 5.32 Å². The number of hydrogen-bond donors (Lipinski definition) is 1. The molecule has 1 aliphatic carbocycles. The Hall–Kier alpha value is -0.0900. The monoisotopic (exact) mass is 259 g/mol. The molecule has 2 fully saturated rings. The van der Waals surface area contributed by atoms with E-state index in [4.69, 9.17) is 0 Å². The van der Waals surface area contributed by atoms with Crippen molar-refractivity contribution >= 4 is 9.84 Å². The van der Waals surface area contributed by atoms with Gasteiger partial charge in [0, 0.05) is 12.1 Å². The lowest BCUT2D eigenvalue weighted by atomic mass is 9.79. The minimum atomic E-state index is -2.74. The molecule has 0 bridgehead atoms. The Kier molecular flexibility index (Phi) is 4.14. The predicted molar refractivity (Wildman–Crippen MR) is 70.8 cm³/mol. The first-order chi connectivity index (χ1) is 7.96. The molecular weight excluding hydrogens is 234 g/mol. The molecule has 17 heavy (non-hydrogen) atoms. The van der Waals surface area contributed by atoms with E-state index in [-0.39, 0.29) is 6.04 Å². The Labute approximate surface area is 105 Å². The van der Waals surface area contributed by atoms with E-state index in [1.54, 1.807) is 0 Å². The van der Waals surface area contributed by atoms with E-state index in [1.807, 2.05) is 0 Å². The second kappa shape index (κ2) is 5.27. The van der Waals surface area contributed by atoms with Crippen molar-refractivity contribution in [2.24, 2.45) is 11.8 Å². The molecule has 0 amide bonds. The minimum Gasteiger partial charge on any atom is -0.310 e. The molecule has 2 rings (SSSR count). The van der Waals surface area contributed by atoms with Crippen molar-refractivity contribution < 1.29 is 8.42 Å². The summed E-state index contributed by atoms with van der Waals surface area (Å²) in [5.74, 6) is 2.31. The molecule has 2 aliphatic rings. The van der Waals surface area contributed by atoms with E-state index in [1.165, 1.54) is 25.7 Å². The van der Waals surface area contributed by atoms with E-state index >= 15 is 0 Å². The summed E-state index contributed by atoms with van der Waals surface area (Å²) in [6, 6.07) is 0.769. The first-order valence-electron chi connectivity index (χ1n) is 6.93. The maximum atomic E-state index is 11.4. The lowest BCUT2D eigenvalue weighted by Crippen LogP contribution is -2.42. The molecular formula is C13H25NO2S. The van der Waals surface area contributed by atoms with Crippen molar-refractivity contribution in [1.29, 1.82) is 0 Å². The third kappa shape index (κ3) is 3.68. The van der Waals surface area contributed by atoms with Crippen LogP contribution in [0.25, 0.3) is 0 Å². The SMILES string of the molecule is CC(C)C1CCCC(NC2CCS(=O)(=O)C2)C1. The van der Waals surface area contributed by atoms with Gasteiger partial charge in [0.15, 0.2) is 9.84 Å². The molecule has 1 saturated heterocycles. The number of sulfone groups is 1. The van der Waals surface area contributed by atoms with Crippen molar-refractivity contribution in [1.82, 2.24) is 5.32 Å². The Morgan fingerprint density at radius 1 is 1.12 bits per heavy atom. The molecule has 0 aromatic carbocycles. The number of nitrogens with one attached hydrogen (secondary N) is 1. The molecule has 3 nitrogen and oxygen atoms in total. The molecule has 0 aromatic heterocycles. The van der Waals surface area contributed by atoms with E-state index in [0.29, 0.717) is 17.5 Å². The van der Waals surface area contributed by atoms with Crippen molar-refractivity contribution in [3.05, 3.63) is 0 Å². The molecule has 1 saturated carbocycles. The highest BCUT2D eigenvalue weighted by atomic mass is 32.2. The van der Waals surface area contributed by atoms with Crippen LogP contribution in [0.1, 0.15) is 46.0 Å². The second-order valence-corrected chi connectivity index (χ2v) is 8.36. The van der Waals surface area contributed by atoms with Gasteiger partial charge in [-0.1, -0.05) is 26.7 Å². The highest BCUT2D eigenvalue weighted by Gasteiger charge is 2.31. The van der Waals surface area contributed by atoms with E-state index in [2.05, 4.69) is 19.2 Å². The van der Waals surface area contributed by atoms with Crippen LogP contribution in [0.5, 0.6) is 0 Å². The standard InChI is InChI=1S/C13H25NO2S/c1-10(2)11-4-3-5-12(8-11)14-13-6-7-17(15,16)9-13/h10-14H,3-9H2,1-2H3. The summed E-state index contributed by atoms with van der Waals surface area (Å²) in [6.07, 6.45) is 5.90. The van der Waals surface area contributed by atoms with Gasteiger partial charge in [-0.25, -0.2) is 8.42 Å².